The van der Waals surface area contributed by atoms with Crippen molar-refractivity contribution < 1.29 is 9.84 Å². The topological polar surface area (TPSA) is 41.5 Å². The number of ether oxygens (including phenoxy) is 1. The van der Waals surface area contributed by atoms with Gasteiger partial charge in [-0.15, -0.1) is 0 Å². The van der Waals surface area contributed by atoms with Crippen LogP contribution in [0.2, 0.25) is 0 Å². The van der Waals surface area contributed by atoms with Gasteiger partial charge in [0.25, 0.3) is 0 Å². The lowest BCUT2D eigenvalue weighted by Gasteiger charge is -2.28. The molecule has 1 aliphatic rings. The van der Waals surface area contributed by atoms with Gasteiger partial charge in [-0.1, -0.05) is 0 Å². The van der Waals surface area contributed by atoms with E-state index >= 15 is 0 Å². The van der Waals surface area contributed by atoms with Gasteiger partial charge in [0.15, 0.2) is 0 Å². The highest BCUT2D eigenvalue weighted by atomic mass is 16.5. The fraction of sp³-hybridized carbons (Fsp3) is 1.00. The maximum atomic E-state index is 8.64. The molecule has 90 valence electrons. The summed E-state index contributed by atoms with van der Waals surface area (Å²) in [5.41, 5.74) is 0. The number of unbranched alkanes of at least 4 members (excludes halogenated alkanes) is 2. The first-order valence-corrected chi connectivity index (χ1v) is 6.26. The highest BCUT2D eigenvalue weighted by Gasteiger charge is 2.19. The number of aliphatic hydroxyl groups is 1. The summed E-state index contributed by atoms with van der Waals surface area (Å²) >= 11 is 0. The van der Waals surface area contributed by atoms with Crippen LogP contribution in [0.15, 0.2) is 0 Å². The van der Waals surface area contributed by atoms with E-state index in [9.17, 15) is 0 Å². The first kappa shape index (κ1) is 12.9. The Morgan fingerprint density at radius 2 is 2.00 bits per heavy atom. The molecule has 1 saturated heterocycles. The van der Waals surface area contributed by atoms with Crippen LogP contribution in [0.25, 0.3) is 0 Å². The summed E-state index contributed by atoms with van der Waals surface area (Å²) in [4.78, 5) is 0. The first-order valence-electron chi connectivity index (χ1n) is 6.26. The monoisotopic (exact) mass is 215 g/mol. The van der Waals surface area contributed by atoms with Crippen LogP contribution in [-0.4, -0.2) is 37.5 Å². The molecule has 1 fully saturated rings. The number of rotatable bonds is 7. The van der Waals surface area contributed by atoms with Gasteiger partial charge < -0.3 is 15.2 Å². The minimum Gasteiger partial charge on any atom is -0.396 e. The van der Waals surface area contributed by atoms with Crippen LogP contribution in [0.5, 0.6) is 0 Å². The quantitative estimate of drug-likeness (QED) is 0.633. The lowest BCUT2D eigenvalue weighted by Crippen LogP contribution is -2.37. The van der Waals surface area contributed by atoms with Crippen molar-refractivity contribution in [1.29, 1.82) is 0 Å². The third-order valence-electron chi connectivity index (χ3n) is 3.27. The van der Waals surface area contributed by atoms with E-state index < -0.39 is 0 Å². The van der Waals surface area contributed by atoms with Crippen LogP contribution >= 0.6 is 0 Å². The molecule has 1 rings (SSSR count). The normalized spacial score (nSPS) is 20.4. The van der Waals surface area contributed by atoms with Crippen LogP contribution in [0.4, 0.5) is 0 Å². The summed E-state index contributed by atoms with van der Waals surface area (Å²) in [5, 5.41) is 12.2. The Morgan fingerprint density at radius 3 is 2.67 bits per heavy atom. The summed E-state index contributed by atoms with van der Waals surface area (Å²) in [6.45, 7) is 5.55. The van der Waals surface area contributed by atoms with E-state index in [1.807, 2.05) is 0 Å². The molecule has 1 unspecified atom stereocenters. The predicted octanol–water partition coefficient (Wildman–Crippen LogP) is 1.55. The molecule has 0 spiro atoms. The van der Waals surface area contributed by atoms with E-state index in [0.717, 1.165) is 38.5 Å². The maximum absolute atomic E-state index is 8.64. The highest BCUT2D eigenvalue weighted by Crippen LogP contribution is 2.18. The second kappa shape index (κ2) is 8.08. The smallest absolute Gasteiger partial charge is 0.0469 e. The van der Waals surface area contributed by atoms with Crippen molar-refractivity contribution in [1.82, 2.24) is 5.32 Å². The van der Waals surface area contributed by atoms with Crippen molar-refractivity contribution >= 4 is 0 Å². The average molecular weight is 215 g/mol. The maximum Gasteiger partial charge on any atom is 0.0469 e. The van der Waals surface area contributed by atoms with Crippen molar-refractivity contribution in [2.24, 2.45) is 5.92 Å². The lowest BCUT2D eigenvalue weighted by atomic mass is 9.93. The Hall–Kier alpha value is -0.120. The van der Waals surface area contributed by atoms with Crippen molar-refractivity contribution in [3.05, 3.63) is 0 Å². The lowest BCUT2D eigenvalue weighted by molar-refractivity contribution is 0.0559. The summed E-state index contributed by atoms with van der Waals surface area (Å²) in [6.07, 6.45) is 5.64. The largest absolute Gasteiger partial charge is 0.396 e. The fourth-order valence-corrected chi connectivity index (χ4v) is 2.13. The molecule has 0 aromatic heterocycles. The Balaban J connectivity index is 1.99. The molecule has 0 aliphatic carbocycles. The molecule has 1 aliphatic heterocycles. The number of nitrogens with one attached hydrogen (secondary N) is 1. The number of aliphatic hydroxyl groups excluding tert-OH is 1. The Bertz CT molecular complexity index is 147. The molecule has 0 bridgehead atoms. The molecule has 0 amide bonds. The second-order valence-corrected chi connectivity index (χ2v) is 4.48. The summed E-state index contributed by atoms with van der Waals surface area (Å²) < 4.78 is 5.35. The van der Waals surface area contributed by atoms with Gasteiger partial charge in [-0.25, -0.2) is 0 Å². The molecule has 0 saturated carbocycles. The van der Waals surface area contributed by atoms with Gasteiger partial charge in [0, 0.05) is 25.9 Å². The van der Waals surface area contributed by atoms with E-state index in [0.29, 0.717) is 12.6 Å². The van der Waals surface area contributed by atoms with Crippen molar-refractivity contribution in [3.63, 3.8) is 0 Å². The highest BCUT2D eigenvalue weighted by molar-refractivity contribution is 4.74. The Morgan fingerprint density at radius 1 is 1.27 bits per heavy atom. The zero-order chi connectivity index (χ0) is 10.9. The van der Waals surface area contributed by atoms with E-state index in [1.54, 1.807) is 0 Å². The van der Waals surface area contributed by atoms with E-state index in [2.05, 4.69) is 12.2 Å². The van der Waals surface area contributed by atoms with Gasteiger partial charge in [0.1, 0.15) is 0 Å². The van der Waals surface area contributed by atoms with Gasteiger partial charge in [0.05, 0.1) is 0 Å². The van der Waals surface area contributed by atoms with Crippen LogP contribution in [-0.2, 0) is 4.74 Å². The molecule has 1 atom stereocenters. The molecule has 3 heteroatoms. The van der Waals surface area contributed by atoms with Gasteiger partial charge in [-0.3, -0.25) is 0 Å². The predicted molar refractivity (Wildman–Crippen MR) is 61.9 cm³/mol. The van der Waals surface area contributed by atoms with Gasteiger partial charge in [0.2, 0.25) is 0 Å². The summed E-state index contributed by atoms with van der Waals surface area (Å²) in [7, 11) is 0. The van der Waals surface area contributed by atoms with Crippen molar-refractivity contribution in [3.8, 4) is 0 Å². The second-order valence-electron chi connectivity index (χ2n) is 4.48. The molecular weight excluding hydrogens is 190 g/mol. The van der Waals surface area contributed by atoms with E-state index in [4.69, 9.17) is 9.84 Å². The van der Waals surface area contributed by atoms with Crippen LogP contribution in [0, 0.1) is 5.92 Å². The summed E-state index contributed by atoms with van der Waals surface area (Å²) in [6, 6.07) is 0.614. The molecule has 0 aromatic carbocycles. The van der Waals surface area contributed by atoms with Crippen LogP contribution in [0.1, 0.15) is 39.0 Å². The SMILES string of the molecule is CC(NCCCCCO)C1CCOCC1. The fourth-order valence-electron chi connectivity index (χ4n) is 2.13. The average Bonchev–Trinajstić information content (AvgIpc) is 2.30. The third kappa shape index (κ3) is 5.50. The van der Waals surface area contributed by atoms with Gasteiger partial charge in [-0.2, -0.15) is 0 Å². The van der Waals surface area contributed by atoms with Crippen molar-refractivity contribution in [2.75, 3.05) is 26.4 Å². The van der Waals surface area contributed by atoms with Gasteiger partial charge in [-0.05, 0) is 51.5 Å². The number of hydrogen-bond donors (Lipinski definition) is 2. The minimum atomic E-state index is 0.329. The molecular formula is C12H25NO2. The molecule has 15 heavy (non-hydrogen) atoms. The molecule has 0 aromatic rings. The number of hydrogen-bond acceptors (Lipinski definition) is 3. The standard InChI is InChI=1S/C12H25NO2/c1-11(12-5-9-15-10-6-12)13-7-3-2-4-8-14/h11-14H,2-10H2,1H3. The Kier molecular flexibility index (Phi) is 6.98. The van der Waals surface area contributed by atoms with Crippen molar-refractivity contribution in [2.45, 2.75) is 45.1 Å². The Labute approximate surface area is 93.2 Å². The molecule has 0 radical (unpaired) electrons. The zero-order valence-electron chi connectivity index (χ0n) is 9.87. The third-order valence-corrected chi connectivity index (χ3v) is 3.27. The van der Waals surface area contributed by atoms with Crippen LogP contribution in [0.3, 0.4) is 0 Å². The van der Waals surface area contributed by atoms with Crippen LogP contribution < -0.4 is 5.32 Å². The first-order chi connectivity index (χ1) is 7.34. The molecule has 2 N–H and O–H groups in total. The zero-order valence-corrected chi connectivity index (χ0v) is 9.87. The van der Waals surface area contributed by atoms with Gasteiger partial charge >= 0.3 is 0 Å². The molecule has 3 nitrogen and oxygen atoms in total. The van der Waals surface area contributed by atoms with E-state index in [1.165, 1.54) is 19.3 Å². The minimum absolute atomic E-state index is 0.329. The molecule has 1 heterocycles. The van der Waals surface area contributed by atoms with E-state index in [-0.39, 0.29) is 0 Å². The summed E-state index contributed by atoms with van der Waals surface area (Å²) in [5.74, 6) is 0.789.